The molecule has 2 aromatic heterocycles. The van der Waals surface area contributed by atoms with Gasteiger partial charge in [0.2, 0.25) is 0 Å². The number of methoxy groups -OCH3 is 1. The molecular formula is C17H21N3O. The Morgan fingerprint density at radius 2 is 2.24 bits per heavy atom. The van der Waals surface area contributed by atoms with Gasteiger partial charge in [0.25, 0.3) is 0 Å². The van der Waals surface area contributed by atoms with E-state index in [1.54, 1.807) is 7.11 Å². The van der Waals surface area contributed by atoms with E-state index in [0.29, 0.717) is 0 Å². The molecule has 2 aromatic rings. The number of allylic oxidation sites excluding steroid dienone is 6. The van der Waals surface area contributed by atoms with E-state index >= 15 is 0 Å². The van der Waals surface area contributed by atoms with Crippen molar-refractivity contribution in [3.63, 3.8) is 0 Å². The molecule has 0 bridgehead atoms. The normalized spacial score (nSPS) is 13.3. The Bertz CT molecular complexity index is 708. The van der Waals surface area contributed by atoms with Gasteiger partial charge in [-0.1, -0.05) is 25.2 Å². The number of aryl methyl sites for hydroxylation is 1. The fourth-order valence-electron chi connectivity index (χ4n) is 2.02. The van der Waals surface area contributed by atoms with Crippen molar-refractivity contribution >= 4 is 11.1 Å². The van der Waals surface area contributed by atoms with E-state index in [1.807, 2.05) is 54.9 Å². The topological polar surface area (TPSA) is 39.4 Å². The van der Waals surface area contributed by atoms with Crippen LogP contribution in [0.3, 0.4) is 0 Å². The molecule has 0 amide bonds. The second kappa shape index (κ2) is 6.88. The van der Waals surface area contributed by atoms with Gasteiger partial charge in [-0.25, -0.2) is 9.50 Å². The Labute approximate surface area is 125 Å². The number of aromatic nitrogens is 3. The Morgan fingerprint density at radius 1 is 1.43 bits per heavy atom. The third-order valence-electron chi connectivity index (χ3n) is 3.19. The summed E-state index contributed by atoms with van der Waals surface area (Å²) in [5.41, 5.74) is 3.02. The van der Waals surface area contributed by atoms with Gasteiger partial charge in [0, 0.05) is 11.8 Å². The van der Waals surface area contributed by atoms with Crippen LogP contribution in [0, 0.1) is 6.92 Å². The molecule has 4 heteroatoms. The van der Waals surface area contributed by atoms with Crippen LogP contribution in [0.15, 0.2) is 48.4 Å². The number of hydrogen-bond donors (Lipinski definition) is 0. The molecule has 0 saturated heterocycles. The molecule has 0 radical (unpaired) electrons. The molecule has 0 aromatic carbocycles. The summed E-state index contributed by atoms with van der Waals surface area (Å²) in [6, 6.07) is 3.99. The summed E-state index contributed by atoms with van der Waals surface area (Å²) >= 11 is 0. The first-order chi connectivity index (χ1) is 10.2. The predicted octanol–water partition coefficient (Wildman–Crippen LogP) is 3.94. The summed E-state index contributed by atoms with van der Waals surface area (Å²) < 4.78 is 6.99. The van der Waals surface area contributed by atoms with E-state index in [9.17, 15) is 0 Å². The van der Waals surface area contributed by atoms with Gasteiger partial charge in [0.15, 0.2) is 5.82 Å². The van der Waals surface area contributed by atoms with Gasteiger partial charge in [-0.3, -0.25) is 0 Å². The first-order valence-corrected chi connectivity index (χ1v) is 7.07. The molecule has 2 heterocycles. The number of ether oxygens (including phenoxy) is 1. The highest BCUT2D eigenvalue weighted by Gasteiger charge is 2.06. The molecule has 0 atom stereocenters. The number of hydrogen-bond acceptors (Lipinski definition) is 3. The van der Waals surface area contributed by atoms with Crippen LogP contribution in [-0.4, -0.2) is 21.7 Å². The van der Waals surface area contributed by atoms with Crippen molar-refractivity contribution in [1.82, 2.24) is 14.6 Å². The number of rotatable bonds is 5. The SMILES string of the molecule is CC/C=C(/C=C\C=C(/C)OC)c1nc(C)c2cccn2n1. The highest BCUT2D eigenvalue weighted by atomic mass is 16.5. The van der Waals surface area contributed by atoms with Gasteiger partial charge in [0.05, 0.1) is 24.1 Å². The molecule has 0 aliphatic heterocycles. The molecule has 0 N–H and O–H groups in total. The average Bonchev–Trinajstić information content (AvgIpc) is 2.95. The lowest BCUT2D eigenvalue weighted by Gasteiger charge is -2.05. The Hall–Kier alpha value is -2.36. The quantitative estimate of drug-likeness (QED) is 0.616. The predicted molar refractivity (Wildman–Crippen MR) is 85.9 cm³/mol. The Kier molecular flexibility index (Phi) is 4.93. The summed E-state index contributed by atoms with van der Waals surface area (Å²) in [7, 11) is 1.66. The molecule has 0 fully saturated rings. The number of fused-ring (bicyclic) bond motifs is 1. The molecule has 2 rings (SSSR count). The van der Waals surface area contributed by atoms with E-state index < -0.39 is 0 Å². The van der Waals surface area contributed by atoms with Gasteiger partial charge >= 0.3 is 0 Å². The lowest BCUT2D eigenvalue weighted by molar-refractivity contribution is 0.294. The fraction of sp³-hybridized carbons (Fsp3) is 0.294. The maximum absolute atomic E-state index is 5.12. The van der Waals surface area contributed by atoms with Gasteiger partial charge in [-0.2, -0.15) is 0 Å². The van der Waals surface area contributed by atoms with Gasteiger partial charge in [0.1, 0.15) is 0 Å². The van der Waals surface area contributed by atoms with Crippen LogP contribution in [-0.2, 0) is 4.74 Å². The fourth-order valence-corrected chi connectivity index (χ4v) is 2.02. The Morgan fingerprint density at radius 3 is 2.95 bits per heavy atom. The van der Waals surface area contributed by atoms with Crippen molar-refractivity contribution in [3.8, 4) is 0 Å². The lowest BCUT2D eigenvalue weighted by Crippen LogP contribution is -2.02. The third-order valence-corrected chi connectivity index (χ3v) is 3.19. The van der Waals surface area contributed by atoms with Crippen molar-refractivity contribution in [2.75, 3.05) is 7.11 Å². The van der Waals surface area contributed by atoms with Crippen LogP contribution in [0.1, 0.15) is 31.8 Å². The van der Waals surface area contributed by atoms with E-state index in [0.717, 1.165) is 34.8 Å². The van der Waals surface area contributed by atoms with Crippen LogP contribution < -0.4 is 0 Å². The molecule has 0 aliphatic carbocycles. The first kappa shape index (κ1) is 15.0. The van der Waals surface area contributed by atoms with E-state index in [4.69, 9.17) is 4.74 Å². The monoisotopic (exact) mass is 283 g/mol. The van der Waals surface area contributed by atoms with Crippen molar-refractivity contribution in [2.24, 2.45) is 0 Å². The molecule has 4 nitrogen and oxygen atoms in total. The van der Waals surface area contributed by atoms with Crippen LogP contribution in [0.5, 0.6) is 0 Å². The molecule has 110 valence electrons. The van der Waals surface area contributed by atoms with Crippen molar-refractivity contribution in [1.29, 1.82) is 0 Å². The maximum atomic E-state index is 5.12. The lowest BCUT2D eigenvalue weighted by atomic mass is 10.2. The largest absolute Gasteiger partial charge is 0.501 e. The van der Waals surface area contributed by atoms with Crippen LogP contribution in [0.2, 0.25) is 0 Å². The molecule has 0 unspecified atom stereocenters. The second-order valence-corrected chi connectivity index (χ2v) is 4.77. The zero-order valence-corrected chi connectivity index (χ0v) is 13.0. The van der Waals surface area contributed by atoms with E-state index in [2.05, 4.69) is 23.1 Å². The summed E-state index contributed by atoms with van der Waals surface area (Å²) in [5, 5.41) is 4.57. The average molecular weight is 283 g/mol. The third kappa shape index (κ3) is 3.60. The first-order valence-electron chi connectivity index (χ1n) is 7.07. The van der Waals surface area contributed by atoms with Gasteiger partial charge in [-0.05, 0) is 38.5 Å². The smallest absolute Gasteiger partial charge is 0.179 e. The maximum Gasteiger partial charge on any atom is 0.179 e. The van der Waals surface area contributed by atoms with Crippen LogP contribution >= 0.6 is 0 Å². The molecule has 21 heavy (non-hydrogen) atoms. The van der Waals surface area contributed by atoms with Crippen molar-refractivity contribution in [2.45, 2.75) is 27.2 Å². The summed E-state index contributed by atoms with van der Waals surface area (Å²) in [6.45, 7) is 6.02. The summed E-state index contributed by atoms with van der Waals surface area (Å²) in [5.74, 6) is 1.60. The zero-order valence-electron chi connectivity index (χ0n) is 13.0. The molecule has 0 saturated carbocycles. The van der Waals surface area contributed by atoms with Crippen LogP contribution in [0.4, 0.5) is 0 Å². The molecular weight excluding hydrogens is 262 g/mol. The van der Waals surface area contributed by atoms with Crippen molar-refractivity contribution < 1.29 is 4.74 Å². The standard InChI is InChI=1S/C17H21N3O/c1-5-8-15(10-6-9-13(2)21-4)17-18-14(3)16-11-7-12-20(16)19-17/h6-12H,5H2,1-4H3/b10-6-,13-9+,15-8-. The second-order valence-electron chi connectivity index (χ2n) is 4.77. The minimum absolute atomic E-state index is 0.734. The molecule has 0 aliphatic rings. The van der Waals surface area contributed by atoms with E-state index in [1.165, 1.54) is 0 Å². The Balaban J connectivity index is 2.39. The van der Waals surface area contributed by atoms with Gasteiger partial charge in [-0.15, -0.1) is 5.10 Å². The highest BCUT2D eigenvalue weighted by molar-refractivity contribution is 5.70. The summed E-state index contributed by atoms with van der Waals surface area (Å²) in [6.07, 6.45) is 10.9. The highest BCUT2D eigenvalue weighted by Crippen LogP contribution is 2.16. The molecule has 0 spiro atoms. The minimum Gasteiger partial charge on any atom is -0.501 e. The minimum atomic E-state index is 0.734. The van der Waals surface area contributed by atoms with Crippen LogP contribution in [0.25, 0.3) is 11.1 Å². The number of nitrogens with zero attached hydrogens (tertiary/aromatic N) is 3. The van der Waals surface area contributed by atoms with Crippen molar-refractivity contribution in [3.05, 3.63) is 59.9 Å². The summed E-state index contributed by atoms with van der Waals surface area (Å²) in [4.78, 5) is 4.61. The van der Waals surface area contributed by atoms with Gasteiger partial charge < -0.3 is 4.74 Å². The van der Waals surface area contributed by atoms with E-state index in [-0.39, 0.29) is 0 Å². The zero-order chi connectivity index (χ0) is 15.2.